The summed E-state index contributed by atoms with van der Waals surface area (Å²) in [7, 11) is 0. The summed E-state index contributed by atoms with van der Waals surface area (Å²) in [6.07, 6.45) is -59.5. The second kappa shape index (κ2) is 30.7. The number of hydrogen-bond acceptors (Lipinski definition) is 35. The minimum absolute atomic E-state index is 0.832. The van der Waals surface area contributed by atoms with Gasteiger partial charge >= 0.3 is 11.9 Å². The van der Waals surface area contributed by atoms with Crippen molar-refractivity contribution in [1.29, 1.82) is 0 Å². The van der Waals surface area contributed by atoms with Crippen LogP contribution in [0.5, 0.6) is 0 Å². The minimum Gasteiger partial charge on any atom is -0.477 e. The molecule has 6 aliphatic rings. The number of ether oxygens (including phenoxy) is 11. The molecule has 6 fully saturated rings. The highest BCUT2D eigenvalue weighted by Crippen LogP contribution is 2.40. The SMILES string of the molecule is CC(=O)N[C@H]1[C@H](O[C@@H]2[C@H](O)[C@@H](O)[C@H](O[C@H]3[C@H](O)[C@@H](O)C(O)O[C@@H]3CO)O[C@@H]2CO)O[C@H](CO[C@]2(C(=O)O)C[C@H](O[C@@H]3O[C@H](CO[C@]4(C(=O)O)C[C@H](O)[C@@H](NC(C)=O)[C@H]([C@H](O)[C@H](O)CO)O4)[C@H](O)[C@H](O)[C@H]3O)[C@@H](NC(C)=O)[C@H]([C@H](O)[C@H](O)CO)O2)[C@@H](O)[C@@H]1O. The Morgan fingerprint density at radius 3 is 1.35 bits per heavy atom. The summed E-state index contributed by atoms with van der Waals surface area (Å²) in [5, 5.41) is 232. The Morgan fingerprint density at radius 1 is 0.466 bits per heavy atom. The lowest BCUT2D eigenvalue weighted by atomic mass is 9.88. The second-order valence-electron chi connectivity index (χ2n) is 21.9. The van der Waals surface area contributed by atoms with Crippen molar-refractivity contribution in [3.05, 3.63) is 0 Å². The Hall–Kier alpha value is -3.85. The summed E-state index contributed by atoms with van der Waals surface area (Å²) in [5.41, 5.74) is 0. The number of hydrogen-bond donors (Lipinski definition) is 24. The van der Waals surface area contributed by atoms with Crippen molar-refractivity contribution in [2.24, 2.45) is 0 Å². The van der Waals surface area contributed by atoms with E-state index in [0.717, 1.165) is 20.8 Å². The number of carboxylic acid groups (broad SMARTS) is 2. The molecule has 6 saturated heterocycles. The predicted octanol–water partition coefficient (Wildman–Crippen LogP) is -15.3. The first-order valence-corrected chi connectivity index (χ1v) is 27.4. The summed E-state index contributed by atoms with van der Waals surface area (Å²) in [6.45, 7) is -4.16. The van der Waals surface area contributed by atoms with Gasteiger partial charge in [0.15, 0.2) is 25.2 Å². The molecule has 24 N–H and O–H groups in total. The van der Waals surface area contributed by atoms with E-state index in [1.54, 1.807) is 0 Å². The van der Waals surface area contributed by atoms with Gasteiger partial charge < -0.3 is 175 Å². The Kier molecular flexibility index (Phi) is 25.6. The van der Waals surface area contributed by atoms with Crippen LogP contribution in [-0.4, -0.2) is 372 Å². The standard InChI is InChI=1S/C48H79N3O37/c1-12(56)49-23-15(59)4-47(45(74)75,87-39(23)26(62)16(60)6-52)78-11-22-29(65)31(67)35(71)43(84-22)81-18-5-48(46(76)77,88-40(24(18)50-13(2)57)27(63)17(61)7-53)79-10-21-28(64)30(66)25(51-14(3)58)42(83-21)85-38-20(9-55)82-44(36(72)33(38)69)86-37-19(8-54)80-41(73)34(70)32(37)68/h15-44,52-55,59-73H,4-11H2,1-3H3,(H,49,56)(H,50,57)(H,51,58)(H,74,75)(H,76,77)/t15-,16+,17+,18-,19+,20+,21+,22+,23+,24+,25+,26+,27+,28+,29-,30+,31-,32+,33+,34+,35+,36+,37+,38-,39+,40+,41?,42-,43+,44-,47+,48+/m0/s1. The number of amides is 3. The van der Waals surface area contributed by atoms with Crippen LogP contribution >= 0.6 is 0 Å². The van der Waals surface area contributed by atoms with Gasteiger partial charge in [-0.2, -0.15) is 0 Å². The topological polar surface area (TPSA) is 648 Å². The lowest BCUT2D eigenvalue weighted by Gasteiger charge is -2.50. The maximum Gasteiger partial charge on any atom is 0.364 e. The van der Waals surface area contributed by atoms with Gasteiger partial charge in [-0.15, -0.1) is 0 Å². The average Bonchev–Trinajstić information content (AvgIpc) is 1.05. The van der Waals surface area contributed by atoms with Gasteiger partial charge in [0, 0.05) is 33.6 Å². The fourth-order valence-electron chi connectivity index (χ4n) is 10.9. The van der Waals surface area contributed by atoms with Crippen molar-refractivity contribution in [2.45, 2.75) is 229 Å². The fraction of sp³-hybridized carbons (Fsp3) is 0.896. The fourth-order valence-corrected chi connectivity index (χ4v) is 10.9. The maximum absolute atomic E-state index is 13.6. The van der Waals surface area contributed by atoms with Crippen molar-refractivity contribution in [1.82, 2.24) is 16.0 Å². The Labute approximate surface area is 496 Å². The number of aliphatic hydroxyl groups excluding tert-OH is 19. The van der Waals surface area contributed by atoms with E-state index >= 15 is 0 Å². The highest BCUT2D eigenvalue weighted by atomic mass is 16.8. The summed E-state index contributed by atoms with van der Waals surface area (Å²) < 4.78 is 62.5. The molecule has 0 aromatic heterocycles. The van der Waals surface area contributed by atoms with Crippen molar-refractivity contribution in [3.63, 3.8) is 0 Å². The molecule has 508 valence electrons. The van der Waals surface area contributed by atoms with Crippen LogP contribution in [0.3, 0.4) is 0 Å². The Morgan fingerprint density at radius 2 is 0.864 bits per heavy atom. The van der Waals surface area contributed by atoms with Crippen LogP contribution in [0, 0.1) is 0 Å². The van der Waals surface area contributed by atoms with Gasteiger partial charge in [0.2, 0.25) is 17.7 Å². The van der Waals surface area contributed by atoms with Crippen LogP contribution in [0.1, 0.15) is 33.6 Å². The molecular formula is C48H79N3O37. The van der Waals surface area contributed by atoms with Crippen molar-refractivity contribution in [2.75, 3.05) is 39.6 Å². The molecule has 32 atom stereocenters. The zero-order valence-corrected chi connectivity index (χ0v) is 46.9. The number of carbonyl (C=O) groups excluding carboxylic acids is 3. The molecule has 0 bridgehead atoms. The van der Waals surface area contributed by atoms with E-state index in [4.69, 9.17) is 52.1 Å². The first kappa shape index (κ1) is 73.2. The molecule has 6 heterocycles. The number of carbonyl (C=O) groups is 5. The van der Waals surface area contributed by atoms with Gasteiger partial charge in [-0.1, -0.05) is 0 Å². The smallest absolute Gasteiger partial charge is 0.364 e. The van der Waals surface area contributed by atoms with Crippen LogP contribution in [-0.2, 0) is 76.1 Å². The van der Waals surface area contributed by atoms with E-state index < -0.39 is 277 Å². The highest BCUT2D eigenvalue weighted by molar-refractivity contribution is 5.77. The lowest BCUT2D eigenvalue weighted by molar-refractivity contribution is -0.376. The van der Waals surface area contributed by atoms with Gasteiger partial charge in [0.05, 0.1) is 63.9 Å². The number of rotatable bonds is 25. The van der Waals surface area contributed by atoms with Crippen LogP contribution in [0.2, 0.25) is 0 Å². The Bertz CT molecular complexity index is 2320. The van der Waals surface area contributed by atoms with Gasteiger partial charge in [-0.25, -0.2) is 9.59 Å². The van der Waals surface area contributed by atoms with Crippen LogP contribution in [0.15, 0.2) is 0 Å². The highest BCUT2D eigenvalue weighted by Gasteiger charge is 2.61. The third kappa shape index (κ3) is 16.0. The molecule has 0 aromatic rings. The lowest BCUT2D eigenvalue weighted by Crippen LogP contribution is -2.70. The summed E-state index contributed by atoms with van der Waals surface area (Å²) in [4.78, 5) is 63.8. The van der Waals surface area contributed by atoms with E-state index in [9.17, 15) is 131 Å². The monoisotopic (exact) mass is 1290 g/mol. The third-order valence-corrected chi connectivity index (χ3v) is 15.6. The van der Waals surface area contributed by atoms with E-state index in [1.807, 2.05) is 0 Å². The van der Waals surface area contributed by atoms with Crippen molar-refractivity contribution in [3.8, 4) is 0 Å². The average molecular weight is 1290 g/mol. The second-order valence-corrected chi connectivity index (χ2v) is 21.9. The molecule has 40 heteroatoms. The third-order valence-electron chi connectivity index (χ3n) is 15.6. The molecule has 1 unspecified atom stereocenters. The molecule has 88 heavy (non-hydrogen) atoms. The molecule has 0 saturated carbocycles. The number of aliphatic hydroxyl groups is 19. The largest absolute Gasteiger partial charge is 0.477 e. The van der Waals surface area contributed by atoms with E-state index in [2.05, 4.69) is 16.0 Å². The maximum atomic E-state index is 13.6. The predicted molar refractivity (Wildman–Crippen MR) is 268 cm³/mol. The minimum atomic E-state index is -3.32. The summed E-state index contributed by atoms with van der Waals surface area (Å²) >= 11 is 0. The molecule has 0 aromatic carbocycles. The van der Waals surface area contributed by atoms with E-state index in [0.29, 0.717) is 0 Å². The van der Waals surface area contributed by atoms with E-state index in [1.165, 1.54) is 0 Å². The number of aliphatic carboxylic acids is 2. The van der Waals surface area contributed by atoms with Gasteiger partial charge in [0.1, 0.15) is 134 Å². The van der Waals surface area contributed by atoms with Crippen LogP contribution in [0.4, 0.5) is 0 Å². The summed E-state index contributed by atoms with van der Waals surface area (Å²) in [5.74, 6) is -13.3. The van der Waals surface area contributed by atoms with E-state index in [-0.39, 0.29) is 0 Å². The molecule has 0 aliphatic carbocycles. The van der Waals surface area contributed by atoms with Gasteiger partial charge in [-0.3, -0.25) is 14.4 Å². The quantitative estimate of drug-likeness (QED) is 0.0404. The molecule has 6 aliphatic heterocycles. The molecule has 40 nitrogen and oxygen atoms in total. The molecule has 0 radical (unpaired) electrons. The zero-order chi connectivity index (χ0) is 65.8. The van der Waals surface area contributed by atoms with Crippen LogP contribution < -0.4 is 16.0 Å². The summed E-state index contributed by atoms with van der Waals surface area (Å²) in [6, 6.07) is -5.44. The Balaban J connectivity index is 1.28. The zero-order valence-electron chi connectivity index (χ0n) is 46.9. The normalized spacial score (nSPS) is 44.6. The van der Waals surface area contributed by atoms with Crippen molar-refractivity contribution >= 4 is 29.7 Å². The molecular weight excluding hydrogens is 1210 g/mol. The molecule has 6 rings (SSSR count). The van der Waals surface area contributed by atoms with Gasteiger partial charge in [0.25, 0.3) is 11.6 Å². The first-order valence-electron chi connectivity index (χ1n) is 27.4. The van der Waals surface area contributed by atoms with Crippen molar-refractivity contribution < 1.29 is 183 Å². The van der Waals surface area contributed by atoms with Gasteiger partial charge in [-0.05, 0) is 0 Å². The molecule has 3 amide bonds. The number of carboxylic acids is 2. The molecule has 0 spiro atoms. The van der Waals surface area contributed by atoms with Crippen LogP contribution in [0.25, 0.3) is 0 Å². The first-order chi connectivity index (χ1) is 41.2. The number of nitrogens with one attached hydrogen (secondary N) is 3.